The Morgan fingerprint density at radius 1 is 1.05 bits per heavy atom. The largest absolute Gasteiger partial charge is 0.398 e. The Balaban J connectivity index is 2.41. The summed E-state index contributed by atoms with van der Waals surface area (Å²) in [6.07, 6.45) is 0. The molecule has 0 unspecified atom stereocenters. The predicted molar refractivity (Wildman–Crippen MR) is 69.8 cm³/mol. The highest BCUT2D eigenvalue weighted by atomic mass is 19.2. The van der Waals surface area contributed by atoms with Gasteiger partial charge in [0.15, 0.2) is 23.3 Å². The Morgan fingerprint density at radius 3 is 2.14 bits per heavy atom. The van der Waals surface area contributed by atoms with Gasteiger partial charge in [0.25, 0.3) is 5.91 Å². The molecule has 1 amide bonds. The van der Waals surface area contributed by atoms with Gasteiger partial charge in [-0.05, 0) is 24.6 Å². The number of carbonyl (C=O) groups is 1. The molecule has 0 saturated carbocycles. The number of carbonyl (C=O) groups excluding carboxylic acids is 1. The fourth-order valence-corrected chi connectivity index (χ4v) is 1.75. The molecule has 0 aliphatic heterocycles. The van der Waals surface area contributed by atoms with Crippen LogP contribution in [0.25, 0.3) is 0 Å². The van der Waals surface area contributed by atoms with Gasteiger partial charge in [-0.25, -0.2) is 17.6 Å². The molecular formula is C14H10F4N2O. The van der Waals surface area contributed by atoms with Gasteiger partial charge in [-0.3, -0.25) is 4.79 Å². The molecule has 21 heavy (non-hydrogen) atoms. The zero-order chi connectivity index (χ0) is 15.7. The van der Waals surface area contributed by atoms with Gasteiger partial charge in [-0.15, -0.1) is 0 Å². The third-order valence-corrected chi connectivity index (χ3v) is 2.80. The molecule has 0 radical (unpaired) electrons. The Morgan fingerprint density at radius 2 is 1.62 bits per heavy atom. The fraction of sp³-hybridized carbons (Fsp3) is 0.0714. The lowest BCUT2D eigenvalue weighted by Gasteiger charge is -2.10. The molecule has 0 atom stereocenters. The summed E-state index contributed by atoms with van der Waals surface area (Å²) >= 11 is 0. The van der Waals surface area contributed by atoms with Gasteiger partial charge < -0.3 is 11.1 Å². The van der Waals surface area contributed by atoms with Crippen LogP contribution in [0.4, 0.5) is 28.9 Å². The first-order valence-corrected chi connectivity index (χ1v) is 5.81. The predicted octanol–water partition coefficient (Wildman–Crippen LogP) is 3.39. The van der Waals surface area contributed by atoms with E-state index >= 15 is 0 Å². The number of nitrogen functional groups attached to an aromatic ring is 1. The van der Waals surface area contributed by atoms with Crippen molar-refractivity contribution in [3.8, 4) is 0 Å². The minimum absolute atomic E-state index is 0.0561. The highest BCUT2D eigenvalue weighted by molar-refractivity contribution is 6.07. The Hall–Kier alpha value is -2.57. The fourth-order valence-electron chi connectivity index (χ4n) is 1.75. The van der Waals surface area contributed by atoms with Gasteiger partial charge in [0.2, 0.25) is 0 Å². The molecule has 0 fully saturated rings. The molecule has 110 valence electrons. The van der Waals surface area contributed by atoms with Crippen molar-refractivity contribution in [1.29, 1.82) is 0 Å². The lowest BCUT2D eigenvalue weighted by Crippen LogP contribution is -2.17. The van der Waals surface area contributed by atoms with E-state index < -0.39 is 34.9 Å². The third-order valence-electron chi connectivity index (χ3n) is 2.80. The van der Waals surface area contributed by atoms with E-state index in [2.05, 4.69) is 0 Å². The zero-order valence-electron chi connectivity index (χ0n) is 10.8. The van der Waals surface area contributed by atoms with E-state index in [1.165, 1.54) is 12.1 Å². The molecule has 0 bridgehead atoms. The van der Waals surface area contributed by atoms with E-state index in [-0.39, 0.29) is 17.3 Å². The number of hydrogen-bond acceptors (Lipinski definition) is 2. The number of benzene rings is 2. The van der Waals surface area contributed by atoms with Crippen LogP contribution in [0, 0.1) is 30.2 Å². The summed E-state index contributed by atoms with van der Waals surface area (Å²) in [6.45, 7) is 1.74. The third kappa shape index (κ3) is 2.81. The van der Waals surface area contributed by atoms with Crippen molar-refractivity contribution in [3.05, 3.63) is 58.7 Å². The molecule has 0 aliphatic carbocycles. The first-order valence-electron chi connectivity index (χ1n) is 5.81. The quantitative estimate of drug-likeness (QED) is 0.507. The average molecular weight is 298 g/mol. The summed E-state index contributed by atoms with van der Waals surface area (Å²) < 4.78 is 53.0. The van der Waals surface area contributed by atoms with Crippen molar-refractivity contribution in [1.82, 2.24) is 0 Å². The topological polar surface area (TPSA) is 55.1 Å². The maximum atomic E-state index is 13.5. The summed E-state index contributed by atoms with van der Waals surface area (Å²) in [4.78, 5) is 11.9. The van der Waals surface area contributed by atoms with Crippen molar-refractivity contribution in [2.45, 2.75) is 6.92 Å². The summed E-state index contributed by atoms with van der Waals surface area (Å²) in [5, 5.41) is 1.79. The van der Waals surface area contributed by atoms with Crippen LogP contribution < -0.4 is 11.1 Å². The lowest BCUT2D eigenvalue weighted by molar-refractivity contribution is 0.102. The molecule has 0 aromatic heterocycles. The van der Waals surface area contributed by atoms with Crippen LogP contribution in [0.1, 0.15) is 15.9 Å². The van der Waals surface area contributed by atoms with Gasteiger partial charge in [0, 0.05) is 11.8 Å². The number of anilines is 2. The highest BCUT2D eigenvalue weighted by Gasteiger charge is 2.22. The second-order valence-corrected chi connectivity index (χ2v) is 4.39. The van der Waals surface area contributed by atoms with Gasteiger partial charge in [-0.1, -0.05) is 6.07 Å². The van der Waals surface area contributed by atoms with Crippen molar-refractivity contribution in [3.63, 3.8) is 0 Å². The number of nitrogens with two attached hydrogens (primary N) is 1. The lowest BCUT2D eigenvalue weighted by atomic mass is 10.1. The number of halogens is 4. The van der Waals surface area contributed by atoms with Crippen LogP contribution in [0.15, 0.2) is 24.3 Å². The molecule has 2 aromatic carbocycles. The minimum atomic E-state index is -1.69. The van der Waals surface area contributed by atoms with Crippen LogP contribution in [0.3, 0.4) is 0 Å². The standard InChI is InChI=1S/C14H10F4N2O/c1-6-2-3-7(10(19)4-6)14(21)20-13-11(17)8(15)5-9(16)12(13)18/h2-5H,19H2,1H3,(H,20,21). The molecule has 3 N–H and O–H groups in total. The molecule has 2 rings (SSSR count). The number of hydrogen-bond donors (Lipinski definition) is 2. The van der Waals surface area contributed by atoms with Gasteiger partial charge in [0.1, 0.15) is 5.69 Å². The van der Waals surface area contributed by atoms with Crippen LogP contribution in [-0.4, -0.2) is 5.91 Å². The molecule has 7 heteroatoms. The molecule has 2 aromatic rings. The summed E-state index contributed by atoms with van der Waals surface area (Å²) in [5.74, 6) is -7.57. The smallest absolute Gasteiger partial charge is 0.257 e. The zero-order valence-corrected chi connectivity index (χ0v) is 10.8. The van der Waals surface area contributed by atoms with Gasteiger partial charge >= 0.3 is 0 Å². The van der Waals surface area contributed by atoms with Crippen molar-refractivity contribution in [2.24, 2.45) is 0 Å². The maximum absolute atomic E-state index is 13.5. The van der Waals surface area contributed by atoms with E-state index in [1.807, 2.05) is 0 Å². The molecule has 3 nitrogen and oxygen atoms in total. The average Bonchev–Trinajstić information content (AvgIpc) is 2.41. The Bertz CT molecular complexity index is 705. The van der Waals surface area contributed by atoms with Crippen molar-refractivity contribution in [2.75, 3.05) is 11.1 Å². The number of rotatable bonds is 2. The monoisotopic (exact) mass is 298 g/mol. The SMILES string of the molecule is Cc1ccc(C(=O)Nc2c(F)c(F)cc(F)c2F)c(N)c1. The van der Waals surface area contributed by atoms with Gasteiger partial charge in [-0.2, -0.15) is 0 Å². The van der Waals surface area contributed by atoms with E-state index in [4.69, 9.17) is 5.73 Å². The summed E-state index contributed by atoms with van der Waals surface area (Å²) in [7, 11) is 0. The number of nitrogens with one attached hydrogen (secondary N) is 1. The van der Waals surface area contributed by atoms with Crippen molar-refractivity contribution < 1.29 is 22.4 Å². The number of amides is 1. The van der Waals surface area contributed by atoms with E-state index in [9.17, 15) is 22.4 Å². The van der Waals surface area contributed by atoms with Crippen LogP contribution in [0.2, 0.25) is 0 Å². The van der Waals surface area contributed by atoms with Gasteiger partial charge in [0.05, 0.1) is 5.56 Å². The van der Waals surface area contributed by atoms with E-state index in [1.54, 1.807) is 18.3 Å². The highest BCUT2D eigenvalue weighted by Crippen LogP contribution is 2.25. The molecular weight excluding hydrogens is 288 g/mol. The Labute approximate surface area is 117 Å². The molecule has 0 aliphatic rings. The number of aryl methyl sites for hydroxylation is 1. The maximum Gasteiger partial charge on any atom is 0.257 e. The van der Waals surface area contributed by atoms with Crippen LogP contribution in [0.5, 0.6) is 0 Å². The van der Waals surface area contributed by atoms with Crippen LogP contribution in [-0.2, 0) is 0 Å². The summed E-state index contributed by atoms with van der Waals surface area (Å²) in [5.41, 5.74) is 5.20. The van der Waals surface area contributed by atoms with Crippen molar-refractivity contribution >= 4 is 17.3 Å². The normalized spacial score (nSPS) is 10.5. The van der Waals surface area contributed by atoms with E-state index in [0.29, 0.717) is 0 Å². The molecule has 0 heterocycles. The van der Waals surface area contributed by atoms with Crippen LogP contribution >= 0.6 is 0 Å². The second-order valence-electron chi connectivity index (χ2n) is 4.39. The first kappa shape index (κ1) is 14.8. The minimum Gasteiger partial charge on any atom is -0.398 e. The second kappa shape index (κ2) is 5.43. The first-order chi connectivity index (χ1) is 9.81. The molecule has 0 spiro atoms. The summed E-state index contributed by atoms with van der Waals surface area (Å²) in [6, 6.07) is 4.43. The Kier molecular flexibility index (Phi) is 3.84. The molecule has 0 saturated heterocycles. The van der Waals surface area contributed by atoms with E-state index in [0.717, 1.165) is 5.56 Å².